The van der Waals surface area contributed by atoms with Crippen LogP contribution >= 0.6 is 0 Å². The molecule has 6 heteroatoms. The Morgan fingerprint density at radius 2 is 1.41 bits per heavy atom. The SMILES string of the molecule is CO[Si](CCCOCCCCCO)(OC)OC. The largest absolute Gasteiger partial charge is 0.500 e. The summed E-state index contributed by atoms with van der Waals surface area (Å²) < 4.78 is 21.4. The van der Waals surface area contributed by atoms with Crippen LogP contribution in [0.15, 0.2) is 0 Å². The van der Waals surface area contributed by atoms with E-state index in [1.165, 1.54) is 0 Å². The lowest BCUT2D eigenvalue weighted by Gasteiger charge is -2.24. The maximum Gasteiger partial charge on any atom is 0.500 e. The predicted molar refractivity (Wildman–Crippen MR) is 68.0 cm³/mol. The number of ether oxygens (including phenoxy) is 1. The summed E-state index contributed by atoms with van der Waals surface area (Å²) >= 11 is 0. The summed E-state index contributed by atoms with van der Waals surface area (Å²) in [5, 5.41) is 8.60. The zero-order valence-electron chi connectivity index (χ0n) is 11.2. The van der Waals surface area contributed by atoms with Crippen molar-refractivity contribution in [2.24, 2.45) is 0 Å². The second-order valence-corrected chi connectivity index (χ2v) is 6.89. The molecule has 0 aliphatic rings. The molecular formula is C11H26O5Si. The Labute approximate surface area is 105 Å². The molecule has 0 aromatic rings. The Morgan fingerprint density at radius 3 is 1.94 bits per heavy atom. The lowest BCUT2D eigenvalue weighted by atomic mass is 10.2. The molecule has 0 saturated heterocycles. The monoisotopic (exact) mass is 266 g/mol. The van der Waals surface area contributed by atoms with Crippen LogP contribution in [0.5, 0.6) is 0 Å². The van der Waals surface area contributed by atoms with Crippen molar-refractivity contribution in [2.75, 3.05) is 41.2 Å². The summed E-state index contributed by atoms with van der Waals surface area (Å²) in [5.74, 6) is 0. The fourth-order valence-electron chi connectivity index (χ4n) is 1.54. The zero-order chi connectivity index (χ0) is 13.0. The second-order valence-electron chi connectivity index (χ2n) is 3.80. The number of unbranched alkanes of at least 4 members (excludes halogenated alkanes) is 2. The molecule has 1 N–H and O–H groups in total. The second kappa shape index (κ2) is 11.1. The smallest absolute Gasteiger partial charge is 0.396 e. The molecule has 0 amide bonds. The van der Waals surface area contributed by atoms with Gasteiger partial charge in [0, 0.05) is 47.2 Å². The normalized spacial score (nSPS) is 12.0. The van der Waals surface area contributed by atoms with Crippen LogP contribution in [0, 0.1) is 0 Å². The average molecular weight is 266 g/mol. The molecular weight excluding hydrogens is 240 g/mol. The molecule has 0 unspecified atom stereocenters. The molecule has 0 fully saturated rings. The molecule has 17 heavy (non-hydrogen) atoms. The molecule has 0 aliphatic heterocycles. The standard InChI is InChI=1S/C11H26O5Si/c1-13-17(14-2,15-3)11-7-10-16-9-6-4-5-8-12/h12H,4-11H2,1-3H3. The van der Waals surface area contributed by atoms with Crippen molar-refractivity contribution in [3.63, 3.8) is 0 Å². The van der Waals surface area contributed by atoms with Crippen LogP contribution in [0.2, 0.25) is 6.04 Å². The topological polar surface area (TPSA) is 57.2 Å². The first kappa shape index (κ1) is 17.0. The molecule has 0 bridgehead atoms. The Morgan fingerprint density at radius 1 is 0.824 bits per heavy atom. The van der Waals surface area contributed by atoms with Crippen molar-refractivity contribution in [3.8, 4) is 0 Å². The molecule has 104 valence electrons. The van der Waals surface area contributed by atoms with Crippen molar-refractivity contribution >= 4 is 8.80 Å². The first-order chi connectivity index (χ1) is 8.24. The van der Waals surface area contributed by atoms with E-state index in [4.69, 9.17) is 23.1 Å². The number of aliphatic hydroxyl groups is 1. The molecule has 5 nitrogen and oxygen atoms in total. The van der Waals surface area contributed by atoms with Gasteiger partial charge in [0.05, 0.1) is 0 Å². The summed E-state index contributed by atoms with van der Waals surface area (Å²) in [4.78, 5) is 0. The highest BCUT2D eigenvalue weighted by Crippen LogP contribution is 2.14. The van der Waals surface area contributed by atoms with Gasteiger partial charge in [-0.15, -0.1) is 0 Å². The average Bonchev–Trinajstić information content (AvgIpc) is 2.38. The van der Waals surface area contributed by atoms with E-state index < -0.39 is 8.80 Å². The van der Waals surface area contributed by atoms with Crippen LogP contribution in [0.1, 0.15) is 25.7 Å². The van der Waals surface area contributed by atoms with Gasteiger partial charge in [0.25, 0.3) is 0 Å². The molecule has 0 saturated carbocycles. The third-order valence-corrected chi connectivity index (χ3v) is 5.48. The van der Waals surface area contributed by atoms with Crippen molar-refractivity contribution in [2.45, 2.75) is 31.7 Å². The van der Waals surface area contributed by atoms with E-state index in [1.807, 2.05) is 0 Å². The molecule has 0 aromatic heterocycles. The van der Waals surface area contributed by atoms with Crippen molar-refractivity contribution in [3.05, 3.63) is 0 Å². The van der Waals surface area contributed by atoms with Crippen LogP contribution < -0.4 is 0 Å². The third kappa shape index (κ3) is 7.85. The van der Waals surface area contributed by atoms with Crippen LogP contribution in [-0.2, 0) is 18.0 Å². The first-order valence-corrected chi connectivity index (χ1v) is 8.02. The van der Waals surface area contributed by atoms with Crippen LogP contribution in [0.3, 0.4) is 0 Å². The summed E-state index contributed by atoms with van der Waals surface area (Å²) in [7, 11) is 2.45. The van der Waals surface area contributed by atoms with E-state index in [0.29, 0.717) is 6.61 Å². The summed E-state index contributed by atoms with van der Waals surface area (Å²) in [6.45, 7) is 1.72. The van der Waals surface area contributed by atoms with Gasteiger partial charge in [0.15, 0.2) is 0 Å². The zero-order valence-corrected chi connectivity index (χ0v) is 12.2. The molecule has 0 heterocycles. The van der Waals surface area contributed by atoms with Crippen molar-refractivity contribution < 1.29 is 23.1 Å². The molecule has 0 rings (SSSR count). The minimum absolute atomic E-state index is 0.267. The highest BCUT2D eigenvalue weighted by molar-refractivity contribution is 6.60. The van der Waals surface area contributed by atoms with Crippen LogP contribution in [0.4, 0.5) is 0 Å². The maximum absolute atomic E-state index is 8.60. The van der Waals surface area contributed by atoms with Gasteiger partial charge in [-0.3, -0.25) is 0 Å². The van der Waals surface area contributed by atoms with Gasteiger partial charge in [-0.05, 0) is 25.7 Å². The van der Waals surface area contributed by atoms with E-state index in [9.17, 15) is 0 Å². The molecule has 0 aromatic carbocycles. The van der Waals surface area contributed by atoms with Gasteiger partial charge < -0.3 is 23.1 Å². The summed E-state index contributed by atoms with van der Waals surface area (Å²) in [5.41, 5.74) is 0. The minimum atomic E-state index is -2.41. The number of aliphatic hydroxyl groups excluding tert-OH is 1. The summed E-state index contributed by atoms with van der Waals surface area (Å²) in [6.07, 6.45) is 3.75. The quantitative estimate of drug-likeness (QED) is 0.428. The molecule has 0 radical (unpaired) electrons. The molecule has 0 aliphatic carbocycles. The van der Waals surface area contributed by atoms with Gasteiger partial charge in [-0.2, -0.15) is 0 Å². The Hall–Kier alpha value is 0.0169. The molecule has 0 atom stereocenters. The lowest BCUT2D eigenvalue weighted by molar-refractivity contribution is 0.105. The lowest BCUT2D eigenvalue weighted by Crippen LogP contribution is -2.42. The Kier molecular flexibility index (Phi) is 11.1. The Bertz CT molecular complexity index is 156. The third-order valence-electron chi connectivity index (χ3n) is 2.65. The van der Waals surface area contributed by atoms with E-state index in [2.05, 4.69) is 0 Å². The van der Waals surface area contributed by atoms with Crippen molar-refractivity contribution in [1.82, 2.24) is 0 Å². The van der Waals surface area contributed by atoms with E-state index >= 15 is 0 Å². The fraction of sp³-hybridized carbons (Fsp3) is 1.00. The van der Waals surface area contributed by atoms with Crippen molar-refractivity contribution in [1.29, 1.82) is 0 Å². The highest BCUT2D eigenvalue weighted by atomic mass is 28.4. The Balaban J connectivity index is 3.43. The highest BCUT2D eigenvalue weighted by Gasteiger charge is 2.36. The number of hydrogen-bond acceptors (Lipinski definition) is 5. The van der Waals surface area contributed by atoms with Gasteiger partial charge in [-0.1, -0.05) is 0 Å². The van der Waals surface area contributed by atoms with E-state index in [0.717, 1.165) is 38.3 Å². The van der Waals surface area contributed by atoms with Gasteiger partial charge in [0.1, 0.15) is 0 Å². The first-order valence-electron chi connectivity index (χ1n) is 6.08. The number of rotatable bonds is 12. The fourth-order valence-corrected chi connectivity index (χ4v) is 3.23. The predicted octanol–water partition coefficient (Wildman–Crippen LogP) is 1.43. The maximum atomic E-state index is 8.60. The summed E-state index contributed by atoms with van der Waals surface area (Å²) in [6, 6.07) is 0.771. The van der Waals surface area contributed by atoms with E-state index in [-0.39, 0.29) is 6.61 Å². The van der Waals surface area contributed by atoms with E-state index in [1.54, 1.807) is 21.3 Å². The molecule has 0 spiro atoms. The van der Waals surface area contributed by atoms with Gasteiger partial charge in [0.2, 0.25) is 0 Å². The van der Waals surface area contributed by atoms with Crippen LogP contribution in [0.25, 0.3) is 0 Å². The van der Waals surface area contributed by atoms with Crippen LogP contribution in [-0.4, -0.2) is 55.1 Å². The van der Waals surface area contributed by atoms with Gasteiger partial charge >= 0.3 is 8.80 Å². The number of hydrogen-bond donors (Lipinski definition) is 1. The van der Waals surface area contributed by atoms with Gasteiger partial charge in [-0.25, -0.2) is 0 Å². The minimum Gasteiger partial charge on any atom is -0.396 e.